The van der Waals surface area contributed by atoms with E-state index in [4.69, 9.17) is 32.7 Å². The zero-order chi connectivity index (χ0) is 14.0. The van der Waals surface area contributed by atoms with Crippen LogP contribution in [-0.2, 0) is 0 Å². The Bertz CT molecular complexity index is 628. The van der Waals surface area contributed by atoms with Crippen LogP contribution in [0.3, 0.4) is 0 Å². The first-order valence-corrected chi connectivity index (χ1v) is 7.12. The van der Waals surface area contributed by atoms with Crippen molar-refractivity contribution in [1.82, 2.24) is 15.2 Å². The molecule has 100 valence electrons. The van der Waals surface area contributed by atoms with E-state index in [0.29, 0.717) is 16.0 Å². The highest BCUT2D eigenvalue weighted by atomic mass is 79.9. The Kier molecular flexibility index (Phi) is 4.83. The molecule has 0 saturated carbocycles. The molecule has 0 amide bonds. The Morgan fingerprint density at radius 2 is 1.68 bits per heavy atom. The summed E-state index contributed by atoms with van der Waals surface area (Å²) in [6, 6.07) is 3.44. The monoisotopic (exact) mass is 427 g/mol. The highest BCUT2D eigenvalue weighted by Crippen LogP contribution is 2.38. The fourth-order valence-corrected chi connectivity index (χ4v) is 2.32. The van der Waals surface area contributed by atoms with E-state index in [1.54, 1.807) is 19.2 Å². The zero-order valence-corrected chi connectivity index (χ0v) is 14.0. The van der Waals surface area contributed by atoms with Crippen LogP contribution < -0.4 is 9.47 Å². The zero-order valence-electron chi connectivity index (χ0n) is 9.32. The number of halogens is 4. The van der Waals surface area contributed by atoms with Crippen molar-refractivity contribution in [1.29, 1.82) is 0 Å². The molecule has 1 heterocycles. The first-order valence-electron chi connectivity index (χ1n) is 4.78. The van der Waals surface area contributed by atoms with Gasteiger partial charge < -0.3 is 9.47 Å². The molecule has 0 fully saturated rings. The Hall–Kier alpha value is -0.630. The van der Waals surface area contributed by atoms with Crippen LogP contribution in [0.25, 0.3) is 0 Å². The second-order valence-corrected chi connectivity index (χ2v) is 5.60. The molecule has 19 heavy (non-hydrogen) atoms. The van der Waals surface area contributed by atoms with Gasteiger partial charge in [0.2, 0.25) is 10.4 Å². The quantitative estimate of drug-likeness (QED) is 0.718. The van der Waals surface area contributed by atoms with Gasteiger partial charge in [-0.25, -0.2) is 0 Å². The van der Waals surface area contributed by atoms with Gasteiger partial charge in [-0.15, -0.1) is 10.2 Å². The molecule has 0 aliphatic rings. The van der Waals surface area contributed by atoms with Gasteiger partial charge in [0, 0.05) is 0 Å². The van der Waals surface area contributed by atoms with Crippen molar-refractivity contribution >= 4 is 55.1 Å². The third-order valence-corrected chi connectivity index (χ3v) is 3.64. The lowest BCUT2D eigenvalue weighted by molar-refractivity contribution is 0.408. The van der Waals surface area contributed by atoms with Crippen molar-refractivity contribution in [3.05, 3.63) is 31.5 Å². The normalized spacial score (nSPS) is 10.4. The average molecular weight is 430 g/mol. The molecule has 1 aromatic carbocycles. The molecule has 0 N–H and O–H groups in total. The first kappa shape index (κ1) is 14.8. The lowest BCUT2D eigenvalue weighted by Crippen LogP contribution is -1.96. The van der Waals surface area contributed by atoms with Gasteiger partial charge in [-0.1, -0.05) is 11.6 Å². The predicted molar refractivity (Wildman–Crippen MR) is 78.3 cm³/mol. The summed E-state index contributed by atoms with van der Waals surface area (Å²) in [4.78, 5) is 3.85. The third kappa shape index (κ3) is 3.47. The molecule has 0 unspecified atom stereocenters. The molecule has 9 heteroatoms. The molecule has 2 aromatic rings. The molecule has 5 nitrogen and oxygen atoms in total. The van der Waals surface area contributed by atoms with Crippen LogP contribution in [0.5, 0.6) is 17.4 Å². The number of ether oxygens (including phenoxy) is 2. The van der Waals surface area contributed by atoms with Gasteiger partial charge in [0.15, 0.2) is 0 Å². The number of aromatic nitrogens is 3. The van der Waals surface area contributed by atoms with E-state index in [1.165, 1.54) is 0 Å². The summed E-state index contributed by atoms with van der Waals surface area (Å²) >= 11 is 18.2. The lowest BCUT2D eigenvalue weighted by Gasteiger charge is -2.10. The second-order valence-electron chi connectivity index (χ2n) is 3.20. The van der Waals surface area contributed by atoms with Gasteiger partial charge in [-0.2, -0.15) is 4.98 Å². The molecule has 0 saturated heterocycles. The van der Waals surface area contributed by atoms with Crippen molar-refractivity contribution in [3.63, 3.8) is 0 Å². The van der Waals surface area contributed by atoms with Gasteiger partial charge >= 0.3 is 0 Å². The summed E-state index contributed by atoms with van der Waals surface area (Å²) < 4.78 is 12.1. The van der Waals surface area contributed by atoms with E-state index in [9.17, 15) is 0 Å². The Morgan fingerprint density at radius 1 is 1.05 bits per heavy atom. The Labute approximate surface area is 135 Å². The highest BCUT2D eigenvalue weighted by molar-refractivity contribution is 9.11. The molecule has 0 bridgehead atoms. The van der Waals surface area contributed by atoms with Gasteiger partial charge in [0.1, 0.15) is 11.5 Å². The van der Waals surface area contributed by atoms with E-state index in [2.05, 4.69) is 47.0 Å². The van der Waals surface area contributed by atoms with Crippen LogP contribution in [-0.4, -0.2) is 22.3 Å². The first-order chi connectivity index (χ1) is 9.01. The second kappa shape index (κ2) is 6.21. The fraction of sp³-hybridized carbons (Fsp3) is 0.100. The minimum Gasteiger partial charge on any atom is -0.496 e. The Morgan fingerprint density at radius 3 is 2.37 bits per heavy atom. The van der Waals surface area contributed by atoms with Crippen LogP contribution in [0.2, 0.25) is 10.4 Å². The van der Waals surface area contributed by atoms with Crippen LogP contribution in [0.1, 0.15) is 0 Å². The number of methoxy groups -OCH3 is 1. The molecule has 1 aromatic heterocycles. The summed E-state index contributed by atoms with van der Waals surface area (Å²) in [5, 5.41) is 7.07. The van der Waals surface area contributed by atoms with E-state index in [-0.39, 0.29) is 16.3 Å². The van der Waals surface area contributed by atoms with Crippen molar-refractivity contribution in [2.75, 3.05) is 7.11 Å². The molecule has 2 rings (SSSR count). The van der Waals surface area contributed by atoms with E-state index in [1.807, 2.05) is 0 Å². The Balaban J connectivity index is 2.38. The summed E-state index contributed by atoms with van der Waals surface area (Å²) in [5.74, 6) is 1.20. The topological polar surface area (TPSA) is 57.1 Å². The maximum atomic E-state index is 5.83. The molecule has 0 aliphatic carbocycles. The number of nitrogens with zero attached hydrogens (tertiary/aromatic N) is 3. The smallest absolute Gasteiger partial charge is 0.262 e. The highest BCUT2D eigenvalue weighted by Gasteiger charge is 2.13. The minimum atomic E-state index is -0.0527. The number of benzene rings is 1. The van der Waals surface area contributed by atoms with Crippen LogP contribution >= 0.6 is 55.1 Å². The maximum Gasteiger partial charge on any atom is 0.262 e. The summed E-state index contributed by atoms with van der Waals surface area (Å²) in [5.41, 5.74) is 0. The largest absolute Gasteiger partial charge is 0.496 e. The minimum absolute atomic E-state index is 0.0169. The van der Waals surface area contributed by atoms with Gasteiger partial charge in [-0.05, 0) is 55.6 Å². The summed E-state index contributed by atoms with van der Waals surface area (Å²) in [6.45, 7) is 0. The van der Waals surface area contributed by atoms with Gasteiger partial charge in [-0.3, -0.25) is 0 Å². The SMILES string of the molecule is COc1cc(Br)c(Oc2nc(Cl)nnc2Cl)cc1Br. The van der Waals surface area contributed by atoms with Crippen molar-refractivity contribution in [2.45, 2.75) is 0 Å². The predicted octanol–water partition coefficient (Wildman–Crippen LogP) is 4.50. The third-order valence-electron chi connectivity index (χ3n) is 2.00. The fourth-order valence-electron chi connectivity index (χ4n) is 1.19. The molecule has 0 spiro atoms. The van der Waals surface area contributed by atoms with E-state index in [0.717, 1.165) is 4.47 Å². The lowest BCUT2D eigenvalue weighted by atomic mass is 10.3. The molecule has 0 atom stereocenters. The molecule has 0 radical (unpaired) electrons. The van der Waals surface area contributed by atoms with Crippen LogP contribution in [0.15, 0.2) is 21.1 Å². The van der Waals surface area contributed by atoms with Crippen molar-refractivity contribution in [2.24, 2.45) is 0 Å². The summed E-state index contributed by atoms with van der Waals surface area (Å²) in [6.07, 6.45) is 0. The van der Waals surface area contributed by atoms with Crippen LogP contribution in [0.4, 0.5) is 0 Å². The molecule has 0 aliphatic heterocycles. The van der Waals surface area contributed by atoms with Crippen molar-refractivity contribution in [3.8, 4) is 17.4 Å². The van der Waals surface area contributed by atoms with Crippen LogP contribution in [0, 0.1) is 0 Å². The molecular weight excluding hydrogens is 425 g/mol. The average Bonchev–Trinajstić information content (AvgIpc) is 2.37. The van der Waals surface area contributed by atoms with E-state index < -0.39 is 0 Å². The van der Waals surface area contributed by atoms with Gasteiger partial charge in [0.05, 0.1) is 16.1 Å². The summed E-state index contributed by atoms with van der Waals surface area (Å²) in [7, 11) is 1.57. The molecular formula is C10H5Br2Cl2N3O2. The van der Waals surface area contributed by atoms with E-state index >= 15 is 0 Å². The van der Waals surface area contributed by atoms with Crippen molar-refractivity contribution < 1.29 is 9.47 Å². The van der Waals surface area contributed by atoms with Gasteiger partial charge in [0.25, 0.3) is 5.88 Å². The number of hydrogen-bond acceptors (Lipinski definition) is 5. The number of rotatable bonds is 3. The maximum absolute atomic E-state index is 5.83. The standard InChI is InChI=1S/C10H5Br2Cl2N3O2/c1-18-6-2-5(12)7(3-4(6)11)19-9-8(13)16-17-10(14)15-9/h2-3H,1H3. The number of hydrogen-bond donors (Lipinski definition) is 0.